The van der Waals surface area contributed by atoms with Gasteiger partial charge in [-0.25, -0.2) is 0 Å². The van der Waals surface area contributed by atoms with Crippen molar-refractivity contribution in [1.82, 2.24) is 4.90 Å². The molecule has 322 valence electrons. The molecule has 16 atom stereocenters. The van der Waals surface area contributed by atoms with Crippen LogP contribution in [0.25, 0.3) is 0 Å². The van der Waals surface area contributed by atoms with Crippen molar-refractivity contribution in [3.05, 3.63) is 12.2 Å². The number of hydrogen-bond acceptors (Lipinski definition) is 16. The van der Waals surface area contributed by atoms with Crippen molar-refractivity contribution in [3.8, 4) is 0 Å². The molecule has 3 heterocycles. The Hall–Kier alpha value is -2.54. The molecule has 3 rings (SSSR count). The Labute approximate surface area is 331 Å². The lowest BCUT2D eigenvalue weighted by Gasteiger charge is -2.50. The predicted octanol–water partition coefficient (Wildman–Crippen LogP) is 2.46. The first-order valence-electron chi connectivity index (χ1n) is 19.7. The first-order valence-corrected chi connectivity index (χ1v) is 19.7. The Kier molecular flexibility index (Phi) is 18.3. The molecule has 0 amide bonds. The van der Waals surface area contributed by atoms with Crippen LogP contribution in [0.5, 0.6) is 0 Å². The molecule has 0 aromatic carbocycles. The van der Waals surface area contributed by atoms with Crippen LogP contribution in [0.1, 0.15) is 93.9 Å². The van der Waals surface area contributed by atoms with Crippen molar-refractivity contribution < 1.29 is 72.4 Å². The zero-order valence-electron chi connectivity index (χ0n) is 34.9. The van der Waals surface area contributed by atoms with Crippen LogP contribution >= 0.6 is 0 Å². The zero-order valence-corrected chi connectivity index (χ0v) is 34.9. The third-order valence-electron chi connectivity index (χ3n) is 10.7. The molecule has 2 fully saturated rings. The highest BCUT2D eigenvalue weighted by Gasteiger charge is 2.53. The first-order chi connectivity index (χ1) is 26.2. The van der Waals surface area contributed by atoms with Gasteiger partial charge in [-0.1, -0.05) is 32.9 Å². The predicted molar refractivity (Wildman–Crippen MR) is 201 cm³/mol. The molecule has 0 radical (unpaired) electrons. The Morgan fingerprint density at radius 1 is 1.04 bits per heavy atom. The summed E-state index contributed by atoms with van der Waals surface area (Å²) in [6.07, 6.45) is -7.55. The fourth-order valence-electron chi connectivity index (χ4n) is 7.96. The number of hydrogen-bond donors (Lipinski definition) is 3. The van der Waals surface area contributed by atoms with Gasteiger partial charge in [0.1, 0.15) is 42.4 Å². The van der Waals surface area contributed by atoms with E-state index in [1.54, 1.807) is 58.8 Å². The van der Waals surface area contributed by atoms with Gasteiger partial charge in [0.05, 0.1) is 36.9 Å². The lowest BCUT2D eigenvalue weighted by atomic mass is 9.82. The number of nitrogens with zero attached hydrogens (tertiary/aromatic N) is 1. The number of rotatable bonds is 12. The first kappa shape index (κ1) is 47.8. The van der Waals surface area contributed by atoms with Crippen LogP contribution in [0, 0.1) is 17.8 Å². The molecule has 0 aliphatic carbocycles. The van der Waals surface area contributed by atoms with Gasteiger partial charge in [-0.05, 0) is 66.0 Å². The van der Waals surface area contributed by atoms with E-state index in [0.717, 1.165) is 0 Å². The molecule has 16 nitrogen and oxygen atoms in total. The number of aldehydes is 1. The molecular weight excluding hydrogens is 734 g/mol. The molecule has 0 aromatic heterocycles. The second-order valence-electron chi connectivity index (χ2n) is 16.6. The van der Waals surface area contributed by atoms with E-state index in [1.165, 1.54) is 14.0 Å². The fourth-order valence-corrected chi connectivity index (χ4v) is 7.96. The van der Waals surface area contributed by atoms with Gasteiger partial charge in [-0.2, -0.15) is 0 Å². The molecule has 2 saturated heterocycles. The van der Waals surface area contributed by atoms with E-state index < -0.39 is 109 Å². The maximum Gasteiger partial charge on any atom is 0.309 e. The Balaban J connectivity index is 1.95. The Bertz CT molecular complexity index is 1310. The summed E-state index contributed by atoms with van der Waals surface area (Å²) in [6.45, 7) is 13.5. The molecular formula is C40H67NO15. The summed E-state index contributed by atoms with van der Waals surface area (Å²) in [5.74, 6) is -2.78. The van der Waals surface area contributed by atoms with Crippen molar-refractivity contribution in [3.63, 3.8) is 0 Å². The molecule has 0 spiro atoms. The van der Waals surface area contributed by atoms with Crippen molar-refractivity contribution in [1.29, 1.82) is 0 Å². The number of cyclic esters (lactones) is 1. The van der Waals surface area contributed by atoms with Crippen molar-refractivity contribution >= 4 is 24.2 Å². The van der Waals surface area contributed by atoms with E-state index in [0.29, 0.717) is 12.7 Å². The number of likely N-dealkylation sites (N-methyl/N-ethyl adjacent to an activating group) is 1. The van der Waals surface area contributed by atoms with E-state index in [9.17, 15) is 34.5 Å². The summed E-state index contributed by atoms with van der Waals surface area (Å²) in [5, 5.41) is 34.5. The van der Waals surface area contributed by atoms with Crippen molar-refractivity contribution in [2.24, 2.45) is 17.8 Å². The second-order valence-corrected chi connectivity index (χ2v) is 16.6. The minimum Gasteiger partial charge on any atom is -0.462 e. The van der Waals surface area contributed by atoms with Gasteiger partial charge >= 0.3 is 17.9 Å². The summed E-state index contributed by atoms with van der Waals surface area (Å²) >= 11 is 0. The van der Waals surface area contributed by atoms with Crippen molar-refractivity contribution in [2.45, 2.75) is 179 Å². The summed E-state index contributed by atoms with van der Waals surface area (Å²) in [7, 11) is 4.86. The van der Waals surface area contributed by atoms with Crippen LogP contribution < -0.4 is 0 Å². The zero-order chi connectivity index (χ0) is 42.1. The number of ether oxygens (including phenoxy) is 8. The van der Waals surface area contributed by atoms with Crippen LogP contribution in [0.15, 0.2) is 12.2 Å². The Morgan fingerprint density at radius 2 is 1.71 bits per heavy atom. The minimum atomic E-state index is -1.50. The van der Waals surface area contributed by atoms with E-state index in [4.69, 9.17) is 37.9 Å². The highest BCUT2D eigenvalue weighted by Crippen LogP contribution is 2.38. The third-order valence-corrected chi connectivity index (χ3v) is 10.7. The van der Waals surface area contributed by atoms with Crippen LogP contribution in [-0.4, -0.2) is 151 Å². The largest absolute Gasteiger partial charge is 0.462 e. The smallest absolute Gasteiger partial charge is 0.309 e. The van der Waals surface area contributed by atoms with Crippen molar-refractivity contribution in [2.75, 3.05) is 21.2 Å². The number of aliphatic hydroxyl groups is 3. The molecule has 56 heavy (non-hydrogen) atoms. The van der Waals surface area contributed by atoms with E-state index in [2.05, 4.69) is 0 Å². The van der Waals surface area contributed by atoms with Gasteiger partial charge in [0, 0.05) is 39.7 Å². The number of carbonyl (C=O) groups is 4. The summed E-state index contributed by atoms with van der Waals surface area (Å²) in [5.41, 5.74) is -1.50. The molecule has 3 N–H and O–H groups in total. The highest BCUT2D eigenvalue weighted by molar-refractivity contribution is 5.72. The number of esters is 3. The molecule has 3 aliphatic heterocycles. The fraction of sp³-hybridized carbons (Fsp3) is 0.850. The SMILES string of the molecule is COC1[C@@H](O[C@@H]2O[C@H](C)[C@@H](O[C@H]3C[C@@](C)(O)[C@@H](OC(=O)CC(C)C)[C@H](C)O3)[C@H](N(C)C)[C@H]2O)[C@@H](CC=O)C[C@@H](C)[C@H](O)/C=C/C[C@@H](C)OC(=O)C[C@H]1OC(C)=O. The number of carbonyl (C=O) groups excluding carboxylic acids is 4. The van der Waals surface area contributed by atoms with Crippen LogP contribution in [-0.2, 0) is 57.1 Å². The number of aliphatic hydroxyl groups excluding tert-OH is 2. The average Bonchev–Trinajstić information content (AvgIpc) is 3.06. The second kappa shape index (κ2) is 21.5. The van der Waals surface area contributed by atoms with Crippen LogP contribution in [0.2, 0.25) is 0 Å². The normalized spacial score (nSPS) is 41.0. The summed E-state index contributed by atoms with van der Waals surface area (Å²) < 4.78 is 48.4. The van der Waals surface area contributed by atoms with Gasteiger partial charge in [0.25, 0.3) is 0 Å². The average molecular weight is 802 g/mol. The standard InChI is InChI=1S/C40H67NO15/c1-21(2)17-30(45)54-38-25(6)51-32(20-40(38,8)48)55-35-24(5)52-39(34(47)33(35)41(9)10)56-36-27(15-16-42)18-22(3)28(44)14-12-13-23(4)50-31(46)19-29(37(36)49-11)53-26(7)43/h12,14,16,21-25,27-29,32-39,44,47-48H,13,15,17-20H2,1-11H3/b14-12+/t22-,23-,24-,25+,27+,28-,29-,32+,33-,34-,35-,36+,37?,38+,39+,40-/m1/s1. The van der Waals surface area contributed by atoms with E-state index in [1.807, 2.05) is 20.8 Å². The highest BCUT2D eigenvalue weighted by atomic mass is 16.7. The maximum atomic E-state index is 13.1. The van der Waals surface area contributed by atoms with Gasteiger partial charge in [-0.3, -0.25) is 14.4 Å². The summed E-state index contributed by atoms with van der Waals surface area (Å²) in [6, 6.07) is -0.773. The van der Waals surface area contributed by atoms with Gasteiger partial charge in [-0.15, -0.1) is 0 Å². The minimum absolute atomic E-state index is 0.0424. The molecule has 1 unspecified atom stereocenters. The lowest BCUT2D eigenvalue weighted by molar-refractivity contribution is -0.344. The van der Waals surface area contributed by atoms with E-state index >= 15 is 0 Å². The topological polar surface area (TPSA) is 206 Å². The molecule has 0 bridgehead atoms. The van der Waals surface area contributed by atoms with Crippen LogP contribution in [0.3, 0.4) is 0 Å². The van der Waals surface area contributed by atoms with E-state index in [-0.39, 0.29) is 43.9 Å². The molecule has 3 aliphatic rings. The van der Waals surface area contributed by atoms with Gasteiger partial charge < -0.3 is 62.9 Å². The molecule has 0 saturated carbocycles. The molecule has 0 aromatic rings. The third kappa shape index (κ3) is 13.2. The van der Waals surface area contributed by atoms with Crippen LogP contribution in [0.4, 0.5) is 0 Å². The quantitative estimate of drug-likeness (QED) is 0.112. The molecule has 16 heteroatoms. The maximum absolute atomic E-state index is 13.1. The monoisotopic (exact) mass is 801 g/mol. The number of methoxy groups -OCH3 is 1. The van der Waals surface area contributed by atoms with Gasteiger partial charge in [0.15, 0.2) is 18.7 Å². The lowest BCUT2D eigenvalue weighted by Crippen LogP contribution is -2.66. The Morgan fingerprint density at radius 3 is 2.29 bits per heavy atom. The van der Waals surface area contributed by atoms with Gasteiger partial charge in [0.2, 0.25) is 0 Å². The summed E-state index contributed by atoms with van der Waals surface area (Å²) in [4.78, 5) is 52.0.